The average molecular weight is 171 g/mol. The van der Waals surface area contributed by atoms with Crippen LogP contribution in [0.25, 0.3) is 0 Å². The molecule has 0 aliphatic rings. The van der Waals surface area contributed by atoms with E-state index in [4.69, 9.17) is 0 Å². The van der Waals surface area contributed by atoms with Crippen LogP contribution in [0.1, 0.15) is 40.5 Å². The van der Waals surface area contributed by atoms with Gasteiger partial charge in [0.05, 0.1) is 0 Å². The zero-order valence-corrected chi connectivity index (χ0v) is 8.76. The van der Waals surface area contributed by atoms with E-state index in [1.54, 1.807) is 6.92 Å². The molecule has 12 heavy (non-hydrogen) atoms. The number of hydrogen-bond donors (Lipinski definition) is 0. The minimum Gasteiger partial charge on any atom is -0.343 e. The number of carbonyl (C=O) groups excluding carboxylic acids is 1. The highest BCUT2D eigenvalue weighted by atomic mass is 16.2. The van der Waals surface area contributed by atoms with Crippen LogP contribution in [0, 0.1) is 5.92 Å². The van der Waals surface area contributed by atoms with E-state index in [0.29, 0.717) is 5.92 Å². The molecule has 0 aliphatic heterocycles. The van der Waals surface area contributed by atoms with Crippen LogP contribution in [-0.4, -0.2) is 23.9 Å². The third kappa shape index (κ3) is 5.16. The molecule has 72 valence electrons. The van der Waals surface area contributed by atoms with Crippen molar-refractivity contribution < 1.29 is 4.79 Å². The van der Waals surface area contributed by atoms with Crippen molar-refractivity contribution in [2.24, 2.45) is 5.92 Å². The zero-order chi connectivity index (χ0) is 9.56. The van der Waals surface area contributed by atoms with E-state index in [2.05, 4.69) is 20.8 Å². The Kier molecular flexibility index (Phi) is 5.77. The van der Waals surface area contributed by atoms with E-state index in [1.807, 2.05) is 4.90 Å². The second kappa shape index (κ2) is 6.04. The highest BCUT2D eigenvalue weighted by Gasteiger charge is 2.06. The number of amides is 1. The maximum absolute atomic E-state index is 11.1. The molecule has 0 aliphatic carbocycles. The van der Waals surface area contributed by atoms with Gasteiger partial charge in [0.1, 0.15) is 0 Å². The molecule has 0 rings (SSSR count). The largest absolute Gasteiger partial charge is 0.343 e. The predicted octanol–water partition coefficient (Wildman–Crippen LogP) is 2.29. The predicted molar refractivity (Wildman–Crippen MR) is 52.0 cm³/mol. The van der Waals surface area contributed by atoms with E-state index in [-0.39, 0.29) is 5.91 Å². The molecule has 0 atom stereocenters. The number of carbonyl (C=O) groups is 1. The maximum atomic E-state index is 11.1. The third-order valence-electron chi connectivity index (χ3n) is 1.92. The summed E-state index contributed by atoms with van der Waals surface area (Å²) in [6, 6.07) is 0. The van der Waals surface area contributed by atoms with Crippen LogP contribution in [-0.2, 0) is 4.79 Å². The molecule has 0 saturated carbocycles. The first-order valence-corrected chi connectivity index (χ1v) is 4.83. The normalized spacial score (nSPS) is 10.4. The van der Waals surface area contributed by atoms with Crippen molar-refractivity contribution in [2.45, 2.75) is 40.5 Å². The molecule has 0 aromatic carbocycles. The fourth-order valence-corrected chi connectivity index (χ4v) is 1.11. The lowest BCUT2D eigenvalue weighted by Gasteiger charge is -2.21. The van der Waals surface area contributed by atoms with Crippen molar-refractivity contribution in [2.75, 3.05) is 13.1 Å². The van der Waals surface area contributed by atoms with Gasteiger partial charge in [-0.1, -0.05) is 20.8 Å². The zero-order valence-electron chi connectivity index (χ0n) is 8.76. The molecule has 0 spiro atoms. The summed E-state index contributed by atoms with van der Waals surface area (Å²) >= 11 is 0. The van der Waals surface area contributed by atoms with Gasteiger partial charge >= 0.3 is 0 Å². The quantitative estimate of drug-likeness (QED) is 0.621. The highest BCUT2D eigenvalue weighted by molar-refractivity contribution is 5.73. The van der Waals surface area contributed by atoms with Crippen molar-refractivity contribution in [3.8, 4) is 0 Å². The molecule has 0 heterocycles. The van der Waals surface area contributed by atoms with Gasteiger partial charge in [-0.2, -0.15) is 0 Å². The Morgan fingerprint density at radius 2 is 1.92 bits per heavy atom. The Hall–Kier alpha value is -0.530. The molecular formula is C10H21NO. The first-order chi connectivity index (χ1) is 5.57. The molecule has 0 aromatic rings. The van der Waals surface area contributed by atoms with Crippen LogP contribution < -0.4 is 0 Å². The summed E-state index contributed by atoms with van der Waals surface area (Å²) in [6.45, 7) is 9.94. The monoisotopic (exact) mass is 171 g/mol. The lowest BCUT2D eigenvalue weighted by molar-refractivity contribution is -0.129. The minimum absolute atomic E-state index is 0.206. The smallest absolute Gasteiger partial charge is 0.219 e. The average Bonchev–Trinajstić information content (AvgIpc) is 1.96. The Bertz CT molecular complexity index is 132. The fourth-order valence-electron chi connectivity index (χ4n) is 1.11. The van der Waals surface area contributed by atoms with Crippen LogP contribution >= 0.6 is 0 Å². The van der Waals surface area contributed by atoms with Crippen LogP contribution in [0.4, 0.5) is 0 Å². The van der Waals surface area contributed by atoms with Crippen LogP contribution in [0.5, 0.6) is 0 Å². The van der Waals surface area contributed by atoms with E-state index >= 15 is 0 Å². The van der Waals surface area contributed by atoms with Gasteiger partial charge in [0.15, 0.2) is 0 Å². The van der Waals surface area contributed by atoms with Crippen LogP contribution in [0.3, 0.4) is 0 Å². The van der Waals surface area contributed by atoms with Gasteiger partial charge in [0.25, 0.3) is 0 Å². The lowest BCUT2D eigenvalue weighted by atomic mass is 10.1. The van der Waals surface area contributed by atoms with Crippen LogP contribution in [0.15, 0.2) is 0 Å². The molecule has 0 bridgehead atoms. The minimum atomic E-state index is 0.206. The standard InChI is InChI=1S/C10H21NO/c1-5-7-11(10(4)12)8-6-9(2)3/h9H,5-8H2,1-4H3. The molecule has 2 nitrogen and oxygen atoms in total. The van der Waals surface area contributed by atoms with Gasteiger partial charge < -0.3 is 4.90 Å². The van der Waals surface area contributed by atoms with E-state index in [9.17, 15) is 4.79 Å². The summed E-state index contributed by atoms with van der Waals surface area (Å²) in [7, 11) is 0. The second-order valence-corrected chi connectivity index (χ2v) is 3.69. The second-order valence-electron chi connectivity index (χ2n) is 3.69. The summed E-state index contributed by atoms with van der Waals surface area (Å²) < 4.78 is 0. The highest BCUT2D eigenvalue weighted by Crippen LogP contribution is 2.02. The summed E-state index contributed by atoms with van der Waals surface area (Å²) in [5.41, 5.74) is 0. The van der Waals surface area contributed by atoms with E-state index in [1.165, 1.54) is 0 Å². The van der Waals surface area contributed by atoms with Gasteiger partial charge in [0, 0.05) is 20.0 Å². The van der Waals surface area contributed by atoms with Crippen molar-refractivity contribution in [1.82, 2.24) is 4.90 Å². The molecule has 2 heteroatoms. The van der Waals surface area contributed by atoms with Crippen molar-refractivity contribution in [1.29, 1.82) is 0 Å². The Balaban J connectivity index is 3.71. The molecule has 0 saturated heterocycles. The number of nitrogens with zero attached hydrogens (tertiary/aromatic N) is 1. The maximum Gasteiger partial charge on any atom is 0.219 e. The SMILES string of the molecule is CCCN(CCC(C)C)C(C)=O. The van der Waals surface area contributed by atoms with E-state index in [0.717, 1.165) is 25.9 Å². The lowest BCUT2D eigenvalue weighted by Crippen LogP contribution is -2.31. The third-order valence-corrected chi connectivity index (χ3v) is 1.92. The van der Waals surface area contributed by atoms with Gasteiger partial charge in [-0.25, -0.2) is 0 Å². The molecule has 0 radical (unpaired) electrons. The van der Waals surface area contributed by atoms with E-state index < -0.39 is 0 Å². The molecule has 0 N–H and O–H groups in total. The Morgan fingerprint density at radius 3 is 2.25 bits per heavy atom. The van der Waals surface area contributed by atoms with Crippen LogP contribution in [0.2, 0.25) is 0 Å². The first kappa shape index (κ1) is 11.5. The Morgan fingerprint density at radius 1 is 1.33 bits per heavy atom. The summed E-state index contributed by atoms with van der Waals surface area (Å²) in [5, 5.41) is 0. The topological polar surface area (TPSA) is 20.3 Å². The van der Waals surface area contributed by atoms with Gasteiger partial charge in [-0.15, -0.1) is 0 Å². The number of hydrogen-bond acceptors (Lipinski definition) is 1. The van der Waals surface area contributed by atoms with Gasteiger partial charge in [-0.3, -0.25) is 4.79 Å². The number of rotatable bonds is 5. The molecule has 1 amide bonds. The molecule has 0 unspecified atom stereocenters. The summed E-state index contributed by atoms with van der Waals surface area (Å²) in [6.07, 6.45) is 2.16. The van der Waals surface area contributed by atoms with Gasteiger partial charge in [-0.05, 0) is 18.8 Å². The molecular weight excluding hydrogens is 150 g/mol. The van der Waals surface area contributed by atoms with Crippen molar-refractivity contribution in [3.05, 3.63) is 0 Å². The molecule has 0 fully saturated rings. The molecule has 0 aromatic heterocycles. The van der Waals surface area contributed by atoms with Crippen molar-refractivity contribution >= 4 is 5.91 Å². The Labute approximate surface area is 75.9 Å². The van der Waals surface area contributed by atoms with Gasteiger partial charge in [0.2, 0.25) is 5.91 Å². The first-order valence-electron chi connectivity index (χ1n) is 4.83. The summed E-state index contributed by atoms with van der Waals surface area (Å²) in [4.78, 5) is 13.0. The summed E-state index contributed by atoms with van der Waals surface area (Å²) in [5.74, 6) is 0.890. The van der Waals surface area contributed by atoms with Crippen molar-refractivity contribution in [3.63, 3.8) is 0 Å². The fraction of sp³-hybridized carbons (Fsp3) is 0.900.